The number of aromatic nitrogens is 3. The molecule has 0 N–H and O–H groups in total. The lowest BCUT2D eigenvalue weighted by Gasteiger charge is -2.46. The number of para-hydroxylation sites is 6. The first kappa shape index (κ1) is 25.3. The van der Waals surface area contributed by atoms with Crippen molar-refractivity contribution in [2.45, 2.75) is 0 Å². The molecule has 0 unspecified atom stereocenters. The third-order valence-corrected chi connectivity index (χ3v) is 9.91. The third kappa shape index (κ3) is 3.22. The summed E-state index contributed by atoms with van der Waals surface area (Å²) in [5.41, 5.74) is 13.8. The largest absolute Gasteiger partial charge is 0.423 e. The Morgan fingerprint density at radius 1 is 0.347 bits per heavy atom. The minimum Gasteiger partial charge on any atom is -0.423 e. The zero-order valence-corrected chi connectivity index (χ0v) is 25.6. The van der Waals surface area contributed by atoms with Crippen molar-refractivity contribution in [3.63, 3.8) is 0 Å². The Bertz CT molecular complexity index is 2380. The lowest BCUT2D eigenvalue weighted by molar-refractivity contribution is 0.607. The molecule has 228 valence electrons. The van der Waals surface area contributed by atoms with E-state index in [1.54, 1.807) is 0 Å². The summed E-state index contributed by atoms with van der Waals surface area (Å²) in [4.78, 5) is 21.4. The summed E-state index contributed by atoms with van der Waals surface area (Å²) in [6, 6.07) is 44.2. The van der Waals surface area contributed by atoms with E-state index in [9.17, 15) is 0 Å². The van der Waals surface area contributed by atoms with Gasteiger partial charge < -0.3 is 13.3 Å². The van der Waals surface area contributed by atoms with Gasteiger partial charge in [-0.2, -0.15) is 15.0 Å². The SMILES string of the molecule is c1cc2c3c(c1)N(c1nc4ccccc4o1)c1cccc4c1B3c1c(cccc1N4c1nc3ccccc3o1)N2c1nc2ccccc2o1. The standard InChI is InChI=1S/C39H21BN6O3/c1-4-19-31-22(10-1)41-37(47-31)44-25-13-7-15-27-34(25)40-35-26(44)14-8-16-28(35)46(39-43-24-12-3-6-21-33(24)49-39)30-18-9-17-29(36(30)40)45(27)38-42-23-11-2-5-20-32(23)48-38/h1-21H. The zero-order chi connectivity index (χ0) is 31.8. The Morgan fingerprint density at radius 3 is 0.918 bits per heavy atom. The van der Waals surface area contributed by atoms with Gasteiger partial charge in [-0.05, 0) is 89.2 Å². The fraction of sp³-hybridized carbons (Fsp3) is 0. The number of anilines is 9. The highest BCUT2D eigenvalue weighted by Crippen LogP contribution is 2.50. The molecule has 0 bridgehead atoms. The van der Waals surface area contributed by atoms with Crippen LogP contribution in [0.15, 0.2) is 141 Å². The molecule has 0 atom stereocenters. The highest BCUT2D eigenvalue weighted by molar-refractivity contribution is 7.02. The van der Waals surface area contributed by atoms with Crippen molar-refractivity contribution in [1.29, 1.82) is 0 Å². The van der Waals surface area contributed by atoms with E-state index in [2.05, 4.69) is 69.3 Å². The highest BCUT2D eigenvalue weighted by atomic mass is 16.4. The molecule has 10 heteroatoms. The summed E-state index contributed by atoms with van der Waals surface area (Å²) < 4.78 is 19.5. The van der Waals surface area contributed by atoms with Gasteiger partial charge in [0.25, 0.3) is 6.71 Å². The molecule has 3 aromatic heterocycles. The second-order valence-corrected chi connectivity index (χ2v) is 12.5. The molecule has 49 heavy (non-hydrogen) atoms. The van der Waals surface area contributed by atoms with Crippen LogP contribution in [-0.2, 0) is 0 Å². The van der Waals surface area contributed by atoms with E-state index < -0.39 is 0 Å². The molecule has 0 aliphatic carbocycles. The van der Waals surface area contributed by atoms with E-state index >= 15 is 0 Å². The smallest absolute Gasteiger partial charge is 0.307 e. The van der Waals surface area contributed by atoms with Gasteiger partial charge in [0.2, 0.25) is 0 Å². The van der Waals surface area contributed by atoms with Crippen LogP contribution in [0, 0.1) is 0 Å². The van der Waals surface area contributed by atoms with Gasteiger partial charge in [0.15, 0.2) is 16.7 Å². The summed E-state index contributed by atoms with van der Waals surface area (Å²) in [6.07, 6.45) is 0. The fourth-order valence-corrected chi connectivity index (χ4v) is 7.99. The molecule has 0 saturated carbocycles. The molecule has 0 saturated heterocycles. The van der Waals surface area contributed by atoms with Gasteiger partial charge in [0.1, 0.15) is 16.6 Å². The second kappa shape index (κ2) is 8.96. The summed E-state index contributed by atoms with van der Waals surface area (Å²) >= 11 is 0. The van der Waals surface area contributed by atoms with Crippen LogP contribution in [0.2, 0.25) is 0 Å². The molecule has 6 heterocycles. The van der Waals surface area contributed by atoms with Crippen LogP contribution in [0.5, 0.6) is 0 Å². The van der Waals surface area contributed by atoms with Crippen molar-refractivity contribution in [3.05, 3.63) is 127 Å². The number of hydrogen-bond acceptors (Lipinski definition) is 9. The minimum atomic E-state index is -0.106. The Balaban J connectivity index is 1.21. The van der Waals surface area contributed by atoms with Crippen molar-refractivity contribution >= 4 is 109 Å². The Hall–Kier alpha value is -6.81. The number of hydrogen-bond donors (Lipinski definition) is 0. The van der Waals surface area contributed by atoms with Crippen LogP contribution in [-0.4, -0.2) is 21.7 Å². The topological polar surface area (TPSA) is 87.8 Å². The van der Waals surface area contributed by atoms with E-state index in [4.69, 9.17) is 28.2 Å². The molecule has 0 spiro atoms. The monoisotopic (exact) mass is 632 g/mol. The molecule has 0 amide bonds. The average molecular weight is 632 g/mol. The molecule has 6 aromatic carbocycles. The van der Waals surface area contributed by atoms with Crippen molar-refractivity contribution in [3.8, 4) is 0 Å². The molecule has 12 rings (SSSR count). The number of benzene rings is 6. The van der Waals surface area contributed by atoms with E-state index in [-0.39, 0.29) is 6.71 Å². The third-order valence-electron chi connectivity index (χ3n) is 9.91. The molecular weight excluding hydrogens is 611 g/mol. The maximum absolute atomic E-state index is 6.50. The number of oxazole rings is 3. The number of fused-ring (bicyclic) bond motifs is 3. The van der Waals surface area contributed by atoms with Crippen LogP contribution in [0.4, 0.5) is 52.2 Å². The Kier molecular flexibility index (Phi) is 4.63. The van der Waals surface area contributed by atoms with Gasteiger partial charge in [-0.15, -0.1) is 0 Å². The second-order valence-electron chi connectivity index (χ2n) is 12.5. The first-order chi connectivity index (χ1) is 24.3. The molecule has 3 aliphatic rings. The van der Waals surface area contributed by atoms with Gasteiger partial charge in [0, 0.05) is 34.1 Å². The zero-order valence-electron chi connectivity index (χ0n) is 25.6. The van der Waals surface area contributed by atoms with Crippen LogP contribution >= 0.6 is 0 Å². The molecular formula is C39H21BN6O3. The van der Waals surface area contributed by atoms with Crippen LogP contribution in [0.25, 0.3) is 33.3 Å². The summed E-state index contributed by atoms with van der Waals surface area (Å²) in [6.45, 7) is -0.106. The van der Waals surface area contributed by atoms with E-state index in [1.165, 1.54) is 0 Å². The summed E-state index contributed by atoms with van der Waals surface area (Å²) in [5.74, 6) is 0. The van der Waals surface area contributed by atoms with Gasteiger partial charge in [0.05, 0.1) is 0 Å². The Morgan fingerprint density at radius 2 is 0.633 bits per heavy atom. The first-order valence-corrected chi connectivity index (χ1v) is 16.2. The van der Waals surface area contributed by atoms with Crippen molar-refractivity contribution in [1.82, 2.24) is 15.0 Å². The normalized spacial score (nSPS) is 14.0. The highest BCUT2D eigenvalue weighted by Gasteiger charge is 2.50. The molecule has 0 fully saturated rings. The van der Waals surface area contributed by atoms with Crippen LogP contribution in [0.3, 0.4) is 0 Å². The van der Waals surface area contributed by atoms with Crippen molar-refractivity contribution in [2.75, 3.05) is 14.7 Å². The van der Waals surface area contributed by atoms with E-state index in [1.807, 2.05) is 72.8 Å². The van der Waals surface area contributed by atoms with Gasteiger partial charge in [-0.3, -0.25) is 14.7 Å². The molecule has 0 radical (unpaired) electrons. The lowest BCUT2D eigenvalue weighted by Crippen LogP contribution is -2.64. The van der Waals surface area contributed by atoms with Gasteiger partial charge in [-0.25, -0.2) is 0 Å². The Labute approximate surface area is 278 Å². The van der Waals surface area contributed by atoms with E-state index in [0.29, 0.717) is 18.0 Å². The molecule has 9 nitrogen and oxygen atoms in total. The van der Waals surface area contributed by atoms with E-state index in [0.717, 1.165) is 83.8 Å². The van der Waals surface area contributed by atoms with Crippen LogP contribution in [0.1, 0.15) is 0 Å². The van der Waals surface area contributed by atoms with Crippen LogP contribution < -0.4 is 31.1 Å². The number of nitrogens with zero attached hydrogens (tertiary/aromatic N) is 6. The predicted octanol–water partition coefficient (Wildman–Crippen LogP) is 7.98. The summed E-state index contributed by atoms with van der Waals surface area (Å²) in [7, 11) is 0. The minimum absolute atomic E-state index is 0.106. The quantitative estimate of drug-likeness (QED) is 0.180. The molecule has 9 aromatic rings. The van der Waals surface area contributed by atoms with Gasteiger partial charge in [-0.1, -0.05) is 54.6 Å². The average Bonchev–Trinajstić information content (AvgIpc) is 3.88. The molecule has 3 aliphatic heterocycles. The fourth-order valence-electron chi connectivity index (χ4n) is 7.99. The lowest BCUT2D eigenvalue weighted by atomic mass is 9.32. The first-order valence-electron chi connectivity index (χ1n) is 16.2. The van der Waals surface area contributed by atoms with Crippen molar-refractivity contribution < 1.29 is 13.3 Å². The van der Waals surface area contributed by atoms with Gasteiger partial charge >= 0.3 is 18.0 Å². The number of rotatable bonds is 3. The predicted molar refractivity (Wildman–Crippen MR) is 191 cm³/mol. The van der Waals surface area contributed by atoms with Crippen molar-refractivity contribution in [2.24, 2.45) is 0 Å². The maximum atomic E-state index is 6.50. The maximum Gasteiger partial charge on any atom is 0.307 e. The summed E-state index contributed by atoms with van der Waals surface area (Å²) in [5, 5.41) is 0.